The highest BCUT2D eigenvalue weighted by molar-refractivity contribution is 4.74. The van der Waals surface area contributed by atoms with Gasteiger partial charge in [0.05, 0.1) is 19.8 Å². The summed E-state index contributed by atoms with van der Waals surface area (Å²) in [5, 5.41) is 0. The molecular formula is C10H18O3. The first-order valence-electron chi connectivity index (χ1n) is 4.70. The topological polar surface area (TPSA) is 27.7 Å². The Bertz CT molecular complexity index is 170. The molecule has 2 atom stereocenters. The Morgan fingerprint density at radius 1 is 1.69 bits per heavy atom. The van der Waals surface area contributed by atoms with Crippen molar-refractivity contribution in [2.75, 3.05) is 19.8 Å². The fraction of sp³-hybridized carbons (Fsp3) is 0.800. The summed E-state index contributed by atoms with van der Waals surface area (Å²) in [5.74, 6) is -0.401. The van der Waals surface area contributed by atoms with E-state index in [1.54, 1.807) is 6.08 Å². The average Bonchev–Trinajstić information content (AvgIpc) is 2.50. The lowest BCUT2D eigenvalue weighted by Crippen LogP contribution is -2.26. The molecule has 0 N–H and O–H groups in total. The van der Waals surface area contributed by atoms with Crippen LogP contribution in [0, 0.1) is 0 Å². The number of hydrogen-bond acceptors (Lipinski definition) is 3. The zero-order valence-corrected chi connectivity index (χ0v) is 8.41. The Labute approximate surface area is 79.7 Å². The van der Waals surface area contributed by atoms with E-state index in [1.165, 1.54) is 0 Å². The van der Waals surface area contributed by atoms with E-state index in [-0.39, 0.29) is 6.10 Å². The van der Waals surface area contributed by atoms with Gasteiger partial charge in [0.25, 0.3) is 0 Å². The summed E-state index contributed by atoms with van der Waals surface area (Å²) in [6.45, 7) is 9.36. The van der Waals surface area contributed by atoms with Gasteiger partial charge in [0.2, 0.25) is 0 Å². The summed E-state index contributed by atoms with van der Waals surface area (Å²) in [6.07, 6.45) is 2.67. The molecule has 1 saturated heterocycles. The summed E-state index contributed by atoms with van der Waals surface area (Å²) >= 11 is 0. The van der Waals surface area contributed by atoms with Crippen LogP contribution in [0.5, 0.6) is 0 Å². The van der Waals surface area contributed by atoms with E-state index < -0.39 is 5.79 Å². The fourth-order valence-electron chi connectivity index (χ4n) is 1.24. The monoisotopic (exact) mass is 186 g/mol. The molecule has 1 aliphatic rings. The van der Waals surface area contributed by atoms with E-state index in [0.717, 1.165) is 6.42 Å². The van der Waals surface area contributed by atoms with E-state index >= 15 is 0 Å². The van der Waals surface area contributed by atoms with Gasteiger partial charge in [-0.2, -0.15) is 0 Å². The van der Waals surface area contributed by atoms with Crippen molar-refractivity contribution in [3.8, 4) is 0 Å². The summed E-state index contributed by atoms with van der Waals surface area (Å²) in [4.78, 5) is 0. The molecule has 0 aromatic rings. The summed E-state index contributed by atoms with van der Waals surface area (Å²) in [6, 6.07) is 0. The second kappa shape index (κ2) is 4.74. The first-order valence-corrected chi connectivity index (χ1v) is 4.70. The predicted molar refractivity (Wildman–Crippen MR) is 50.5 cm³/mol. The molecular weight excluding hydrogens is 168 g/mol. The molecule has 1 heterocycles. The number of hydrogen-bond donors (Lipinski definition) is 0. The van der Waals surface area contributed by atoms with Crippen molar-refractivity contribution in [3.05, 3.63) is 12.7 Å². The van der Waals surface area contributed by atoms with Crippen LogP contribution in [0.2, 0.25) is 0 Å². The van der Waals surface area contributed by atoms with Crippen molar-refractivity contribution in [3.63, 3.8) is 0 Å². The molecule has 3 nitrogen and oxygen atoms in total. The van der Waals surface area contributed by atoms with Gasteiger partial charge in [-0.05, 0) is 13.3 Å². The standard InChI is InChI=1S/C10H18O3/c1-4-6-11-7-9-8-12-10(3,5-2)13-9/h4,9H,1,5-8H2,2-3H3/t9-,10+/m0/s1. The third kappa shape index (κ3) is 3.10. The van der Waals surface area contributed by atoms with Crippen LogP contribution in [0.25, 0.3) is 0 Å². The molecule has 0 unspecified atom stereocenters. The van der Waals surface area contributed by atoms with Crippen LogP contribution in [0.1, 0.15) is 20.3 Å². The second-order valence-electron chi connectivity index (χ2n) is 3.36. The zero-order valence-electron chi connectivity index (χ0n) is 8.41. The number of ether oxygens (including phenoxy) is 3. The third-order valence-electron chi connectivity index (χ3n) is 2.17. The molecule has 0 spiro atoms. The Kier molecular flexibility index (Phi) is 3.90. The molecule has 0 aromatic heterocycles. The van der Waals surface area contributed by atoms with Crippen LogP contribution in [0.4, 0.5) is 0 Å². The predicted octanol–water partition coefficient (Wildman–Crippen LogP) is 1.73. The normalized spacial score (nSPS) is 33.5. The zero-order chi connectivity index (χ0) is 9.73. The average molecular weight is 186 g/mol. The first-order chi connectivity index (χ1) is 6.20. The Balaban J connectivity index is 2.21. The van der Waals surface area contributed by atoms with Crippen LogP contribution in [0.15, 0.2) is 12.7 Å². The van der Waals surface area contributed by atoms with Gasteiger partial charge < -0.3 is 14.2 Å². The van der Waals surface area contributed by atoms with Crippen LogP contribution in [0.3, 0.4) is 0 Å². The Morgan fingerprint density at radius 2 is 2.46 bits per heavy atom. The highest BCUT2D eigenvalue weighted by Crippen LogP contribution is 2.26. The minimum atomic E-state index is -0.401. The molecule has 13 heavy (non-hydrogen) atoms. The maximum Gasteiger partial charge on any atom is 0.165 e. The van der Waals surface area contributed by atoms with Crippen molar-refractivity contribution in [1.29, 1.82) is 0 Å². The van der Waals surface area contributed by atoms with Gasteiger partial charge in [-0.25, -0.2) is 0 Å². The van der Waals surface area contributed by atoms with Crippen LogP contribution < -0.4 is 0 Å². The van der Waals surface area contributed by atoms with Crippen molar-refractivity contribution >= 4 is 0 Å². The summed E-state index contributed by atoms with van der Waals surface area (Å²) in [5.41, 5.74) is 0. The lowest BCUT2D eigenvalue weighted by molar-refractivity contribution is -0.160. The van der Waals surface area contributed by atoms with Crippen molar-refractivity contribution < 1.29 is 14.2 Å². The number of rotatable bonds is 5. The molecule has 0 aliphatic carbocycles. The molecule has 76 valence electrons. The van der Waals surface area contributed by atoms with Gasteiger partial charge in [0.1, 0.15) is 6.10 Å². The molecule has 1 rings (SSSR count). The maximum absolute atomic E-state index is 5.66. The van der Waals surface area contributed by atoms with Gasteiger partial charge in [0, 0.05) is 0 Å². The summed E-state index contributed by atoms with van der Waals surface area (Å²) in [7, 11) is 0. The van der Waals surface area contributed by atoms with Gasteiger partial charge in [-0.3, -0.25) is 0 Å². The molecule has 0 radical (unpaired) electrons. The minimum absolute atomic E-state index is 0.0740. The van der Waals surface area contributed by atoms with E-state index in [2.05, 4.69) is 6.58 Å². The summed E-state index contributed by atoms with van der Waals surface area (Å²) < 4.78 is 16.4. The van der Waals surface area contributed by atoms with E-state index in [0.29, 0.717) is 19.8 Å². The molecule has 1 fully saturated rings. The minimum Gasteiger partial charge on any atom is -0.375 e. The van der Waals surface area contributed by atoms with Crippen molar-refractivity contribution in [2.24, 2.45) is 0 Å². The van der Waals surface area contributed by atoms with E-state index in [9.17, 15) is 0 Å². The van der Waals surface area contributed by atoms with Crippen molar-refractivity contribution in [2.45, 2.75) is 32.2 Å². The molecule has 0 bridgehead atoms. The maximum atomic E-state index is 5.66. The second-order valence-corrected chi connectivity index (χ2v) is 3.36. The molecule has 0 saturated carbocycles. The van der Waals surface area contributed by atoms with E-state index in [1.807, 2.05) is 13.8 Å². The highest BCUT2D eigenvalue weighted by atomic mass is 16.7. The Morgan fingerprint density at radius 3 is 3.00 bits per heavy atom. The largest absolute Gasteiger partial charge is 0.375 e. The fourth-order valence-corrected chi connectivity index (χ4v) is 1.24. The lowest BCUT2D eigenvalue weighted by Gasteiger charge is -2.20. The Hall–Kier alpha value is -0.380. The van der Waals surface area contributed by atoms with Gasteiger partial charge in [0.15, 0.2) is 5.79 Å². The lowest BCUT2D eigenvalue weighted by atomic mass is 10.2. The van der Waals surface area contributed by atoms with Gasteiger partial charge in [-0.1, -0.05) is 13.0 Å². The van der Waals surface area contributed by atoms with Gasteiger partial charge >= 0.3 is 0 Å². The third-order valence-corrected chi connectivity index (χ3v) is 2.17. The van der Waals surface area contributed by atoms with Crippen LogP contribution >= 0.6 is 0 Å². The first kappa shape index (κ1) is 10.7. The molecule has 1 aliphatic heterocycles. The molecule has 0 aromatic carbocycles. The van der Waals surface area contributed by atoms with Crippen LogP contribution in [-0.4, -0.2) is 31.7 Å². The smallest absolute Gasteiger partial charge is 0.165 e. The van der Waals surface area contributed by atoms with Crippen LogP contribution in [-0.2, 0) is 14.2 Å². The SMILES string of the molecule is C=CCOC[C@H]1CO[C@@](C)(CC)O1. The molecule has 3 heteroatoms. The van der Waals surface area contributed by atoms with Crippen molar-refractivity contribution in [1.82, 2.24) is 0 Å². The van der Waals surface area contributed by atoms with Gasteiger partial charge in [-0.15, -0.1) is 6.58 Å². The highest BCUT2D eigenvalue weighted by Gasteiger charge is 2.35. The molecule has 0 amide bonds. The van der Waals surface area contributed by atoms with E-state index in [4.69, 9.17) is 14.2 Å². The quantitative estimate of drug-likeness (QED) is 0.483.